The lowest BCUT2D eigenvalue weighted by atomic mass is 10.0. The van der Waals surface area contributed by atoms with Gasteiger partial charge in [-0.05, 0) is 12.8 Å². The van der Waals surface area contributed by atoms with Crippen molar-refractivity contribution in [2.45, 2.75) is 117 Å². The molecular weight excluding hydrogens is 332 g/mol. The smallest absolute Gasteiger partial charge is 0.245 e. The van der Waals surface area contributed by atoms with E-state index in [4.69, 9.17) is 0 Å². The molecule has 1 unspecified atom stereocenters. The Kier molecular flexibility index (Phi) is 16.5. The number of aliphatic hydroxyl groups is 1. The monoisotopic (exact) mass is 372 g/mol. The van der Waals surface area contributed by atoms with Crippen molar-refractivity contribution >= 4 is 0 Å². The Bertz CT molecular complexity index is 393. The minimum atomic E-state index is -0.428. The number of aliphatic hydroxyl groups excluding tert-OH is 1. The molecule has 0 aliphatic rings. The molecule has 0 spiro atoms. The zero-order valence-corrected chi connectivity index (χ0v) is 17.4. The van der Waals surface area contributed by atoms with Crippen LogP contribution >= 0.6 is 0 Å². The number of rotatable bonds is 16. The molecule has 0 amide bonds. The van der Waals surface area contributed by atoms with Gasteiger partial charge in [-0.15, -0.1) is 0 Å². The van der Waals surface area contributed by atoms with E-state index in [0.29, 0.717) is 0 Å². The summed E-state index contributed by atoms with van der Waals surface area (Å²) >= 11 is 0. The van der Waals surface area contributed by atoms with E-state index in [0.717, 1.165) is 6.54 Å². The minimum Gasteiger partial charge on any atom is -1.00 e. The number of unbranched alkanes of at least 4 members (excludes halogenated alkanes) is 13. The van der Waals surface area contributed by atoms with Crippen LogP contribution in [0.1, 0.15) is 110 Å². The summed E-state index contributed by atoms with van der Waals surface area (Å²) in [5, 5.41) is 9.48. The number of halogens is 1. The normalized spacial score (nSPS) is 12.1. The van der Waals surface area contributed by atoms with Crippen LogP contribution in [-0.4, -0.2) is 9.67 Å². The third-order valence-corrected chi connectivity index (χ3v) is 4.91. The third-order valence-electron chi connectivity index (χ3n) is 4.91. The van der Waals surface area contributed by atoms with Crippen molar-refractivity contribution in [3.05, 3.63) is 18.7 Å². The maximum atomic E-state index is 9.48. The van der Waals surface area contributed by atoms with Gasteiger partial charge in [-0.3, -0.25) is 0 Å². The Balaban J connectivity index is 0.00000576. The van der Waals surface area contributed by atoms with Crippen LogP contribution in [0, 0.1) is 0 Å². The van der Waals surface area contributed by atoms with Crippen LogP contribution in [0.25, 0.3) is 0 Å². The fraction of sp³-hybridized carbons (Fsp3) is 0.857. The molecule has 4 heteroatoms. The van der Waals surface area contributed by atoms with E-state index >= 15 is 0 Å². The Morgan fingerprint density at radius 3 is 1.64 bits per heavy atom. The van der Waals surface area contributed by atoms with Gasteiger partial charge in [0.15, 0.2) is 6.23 Å². The standard InChI is InChI=1S/C21H41N2O.ClH/c1-3-4-5-6-7-8-9-10-11-12-13-14-15-16-17-22-18-19-23(20-22)21(2)24;/h18-21,24H,3-17H2,1-2H3;1H/q+1;/p-1. The maximum Gasteiger partial charge on any atom is 0.245 e. The predicted molar refractivity (Wildman–Crippen MR) is 102 cm³/mol. The van der Waals surface area contributed by atoms with Crippen LogP contribution in [0.3, 0.4) is 0 Å². The summed E-state index contributed by atoms with van der Waals surface area (Å²) in [6, 6.07) is 0. The summed E-state index contributed by atoms with van der Waals surface area (Å²) in [4.78, 5) is 0. The SMILES string of the molecule is CCCCCCCCCCCCCCCC[n+]1ccn(C(C)O)c1.[Cl-]. The Morgan fingerprint density at radius 2 is 1.24 bits per heavy atom. The van der Waals surface area contributed by atoms with E-state index in [-0.39, 0.29) is 12.4 Å². The van der Waals surface area contributed by atoms with Gasteiger partial charge >= 0.3 is 0 Å². The van der Waals surface area contributed by atoms with Crippen molar-refractivity contribution in [3.63, 3.8) is 0 Å². The summed E-state index contributed by atoms with van der Waals surface area (Å²) < 4.78 is 4.01. The van der Waals surface area contributed by atoms with Gasteiger partial charge in [-0.2, -0.15) is 0 Å². The Morgan fingerprint density at radius 1 is 0.800 bits per heavy atom. The Hall–Kier alpha value is -0.540. The van der Waals surface area contributed by atoms with Crippen LogP contribution in [0.4, 0.5) is 0 Å². The highest BCUT2D eigenvalue weighted by Gasteiger charge is 2.07. The molecule has 0 radical (unpaired) electrons. The van der Waals surface area contributed by atoms with Crippen LogP contribution in [0.2, 0.25) is 0 Å². The molecule has 0 aliphatic heterocycles. The highest BCUT2D eigenvalue weighted by molar-refractivity contribution is 4.67. The summed E-state index contributed by atoms with van der Waals surface area (Å²) in [6.07, 6.45) is 25.2. The molecule has 1 aromatic rings. The van der Waals surface area contributed by atoms with Crippen LogP contribution in [-0.2, 0) is 6.54 Å². The first-order chi connectivity index (χ1) is 11.7. The average molecular weight is 373 g/mol. The molecule has 1 N–H and O–H groups in total. The van der Waals surface area contributed by atoms with E-state index in [2.05, 4.69) is 17.7 Å². The molecule has 0 fully saturated rings. The summed E-state index contributed by atoms with van der Waals surface area (Å²) in [6.45, 7) is 5.14. The second-order valence-electron chi connectivity index (χ2n) is 7.33. The summed E-state index contributed by atoms with van der Waals surface area (Å²) in [5.74, 6) is 0. The van der Waals surface area contributed by atoms with Gasteiger partial charge in [0.2, 0.25) is 6.33 Å². The molecule has 1 aromatic heterocycles. The first kappa shape index (κ1) is 24.5. The largest absolute Gasteiger partial charge is 1.00 e. The average Bonchev–Trinajstić information content (AvgIpc) is 3.04. The zero-order valence-electron chi connectivity index (χ0n) is 16.6. The van der Waals surface area contributed by atoms with E-state index < -0.39 is 6.23 Å². The highest BCUT2D eigenvalue weighted by Crippen LogP contribution is 2.12. The topological polar surface area (TPSA) is 29.0 Å². The molecule has 0 bridgehead atoms. The molecule has 148 valence electrons. The molecule has 0 saturated heterocycles. The van der Waals surface area contributed by atoms with E-state index in [1.54, 1.807) is 6.92 Å². The predicted octanol–water partition coefficient (Wildman–Crippen LogP) is 2.77. The van der Waals surface area contributed by atoms with E-state index in [1.165, 1.54) is 89.9 Å². The molecule has 1 heterocycles. The lowest BCUT2D eigenvalue weighted by Crippen LogP contribution is -3.00. The number of hydrogen-bond acceptors (Lipinski definition) is 1. The third kappa shape index (κ3) is 13.3. The van der Waals surface area contributed by atoms with Crippen molar-refractivity contribution in [1.29, 1.82) is 0 Å². The fourth-order valence-corrected chi connectivity index (χ4v) is 3.25. The minimum absolute atomic E-state index is 0. The second-order valence-corrected chi connectivity index (χ2v) is 7.33. The number of imidazole rings is 1. The summed E-state index contributed by atoms with van der Waals surface area (Å²) in [7, 11) is 0. The van der Waals surface area contributed by atoms with Crippen molar-refractivity contribution in [3.8, 4) is 0 Å². The van der Waals surface area contributed by atoms with Crippen LogP contribution in [0.15, 0.2) is 18.7 Å². The van der Waals surface area contributed by atoms with Gasteiger partial charge in [0.05, 0.1) is 6.54 Å². The lowest BCUT2D eigenvalue weighted by Gasteiger charge is -2.03. The first-order valence-corrected chi connectivity index (χ1v) is 10.5. The second kappa shape index (κ2) is 16.9. The molecule has 1 rings (SSSR count). The molecule has 1 atom stereocenters. The number of hydrogen-bond donors (Lipinski definition) is 1. The first-order valence-electron chi connectivity index (χ1n) is 10.5. The van der Waals surface area contributed by atoms with Crippen molar-refractivity contribution < 1.29 is 22.1 Å². The van der Waals surface area contributed by atoms with Gasteiger partial charge in [0, 0.05) is 6.92 Å². The quantitative estimate of drug-likeness (QED) is 0.351. The molecule has 3 nitrogen and oxygen atoms in total. The maximum absolute atomic E-state index is 9.48. The number of nitrogens with zero attached hydrogens (tertiary/aromatic N) is 2. The number of aromatic nitrogens is 2. The van der Waals surface area contributed by atoms with Gasteiger partial charge in [0.1, 0.15) is 12.4 Å². The van der Waals surface area contributed by atoms with E-state index in [1.807, 2.05) is 17.1 Å². The molecule has 25 heavy (non-hydrogen) atoms. The fourth-order valence-electron chi connectivity index (χ4n) is 3.25. The number of aryl methyl sites for hydroxylation is 1. The molecular formula is C21H41ClN2O. The van der Waals surface area contributed by atoms with Crippen LogP contribution in [0.5, 0.6) is 0 Å². The molecule has 0 aliphatic carbocycles. The van der Waals surface area contributed by atoms with Gasteiger partial charge in [0.25, 0.3) is 0 Å². The van der Waals surface area contributed by atoms with Gasteiger partial charge in [-0.25, -0.2) is 9.13 Å². The van der Waals surface area contributed by atoms with Crippen molar-refractivity contribution in [2.75, 3.05) is 0 Å². The van der Waals surface area contributed by atoms with Crippen molar-refractivity contribution in [1.82, 2.24) is 4.57 Å². The molecule has 0 aromatic carbocycles. The van der Waals surface area contributed by atoms with Crippen LogP contribution < -0.4 is 17.0 Å². The molecule has 0 saturated carbocycles. The Labute approximate surface area is 162 Å². The van der Waals surface area contributed by atoms with Gasteiger partial charge < -0.3 is 17.5 Å². The van der Waals surface area contributed by atoms with E-state index in [9.17, 15) is 5.11 Å². The van der Waals surface area contributed by atoms with Gasteiger partial charge in [-0.1, -0.05) is 84.0 Å². The van der Waals surface area contributed by atoms with Crippen molar-refractivity contribution in [2.24, 2.45) is 0 Å². The zero-order chi connectivity index (χ0) is 17.5. The highest BCUT2D eigenvalue weighted by atomic mass is 35.5. The lowest BCUT2D eigenvalue weighted by molar-refractivity contribution is -0.697. The summed E-state index contributed by atoms with van der Waals surface area (Å²) in [5.41, 5.74) is 0.